The Kier molecular flexibility index (Phi) is 11.3. The maximum atomic E-state index is 11.8. The maximum Gasteiger partial charge on any atom is 0.508 e. The van der Waals surface area contributed by atoms with Crippen molar-refractivity contribution in [3.63, 3.8) is 0 Å². The number of nitrogens with one attached hydrogen (secondary N) is 1. The Balaban J connectivity index is 1.61. The molecular weight excluding hydrogens is 432 g/mol. The van der Waals surface area contributed by atoms with Crippen LogP contribution < -0.4 is 5.32 Å². The minimum Gasteiger partial charge on any atom is -0.429 e. The Morgan fingerprint density at radius 2 is 1.48 bits per heavy atom. The summed E-state index contributed by atoms with van der Waals surface area (Å²) in [5.74, 6) is 0.122. The summed E-state index contributed by atoms with van der Waals surface area (Å²) in [4.78, 5) is 33.7. The average molecular weight is 460 g/mol. The lowest BCUT2D eigenvalue weighted by Crippen LogP contribution is -2.12. The minimum absolute atomic E-state index is 0.0332. The highest BCUT2D eigenvalue weighted by Gasteiger charge is 2.08. The van der Waals surface area contributed by atoms with Gasteiger partial charge in [0.2, 0.25) is 0 Å². The van der Waals surface area contributed by atoms with Crippen LogP contribution in [0.3, 0.4) is 0 Å². The largest absolute Gasteiger partial charge is 0.508 e. The molecule has 0 unspecified atom stereocenters. The van der Waals surface area contributed by atoms with E-state index in [9.17, 15) is 19.7 Å². The quantitative estimate of drug-likeness (QED) is 0.182. The first-order chi connectivity index (χ1) is 16.0. The second-order valence-corrected chi connectivity index (χ2v) is 7.02. The number of ketones is 1. The van der Waals surface area contributed by atoms with Gasteiger partial charge in [-0.3, -0.25) is 14.9 Å². The number of nitro benzene ring substituents is 1. The summed E-state index contributed by atoms with van der Waals surface area (Å²) in [7, 11) is 1.60. The van der Waals surface area contributed by atoms with Crippen LogP contribution in [0.1, 0.15) is 24.0 Å². The number of rotatable bonds is 15. The van der Waals surface area contributed by atoms with Crippen molar-refractivity contribution in [1.29, 1.82) is 0 Å². The Morgan fingerprint density at radius 3 is 2.06 bits per heavy atom. The number of hydrogen-bond donors (Lipinski definition) is 1. The van der Waals surface area contributed by atoms with E-state index in [4.69, 9.17) is 18.9 Å². The summed E-state index contributed by atoms with van der Waals surface area (Å²) in [5, 5.41) is 13.8. The van der Waals surface area contributed by atoms with Gasteiger partial charge in [-0.25, -0.2) is 4.79 Å². The third-order valence-electron chi connectivity index (χ3n) is 4.50. The number of methoxy groups -OCH3 is 1. The van der Waals surface area contributed by atoms with Crippen LogP contribution in [0, 0.1) is 10.1 Å². The van der Waals surface area contributed by atoms with Gasteiger partial charge in [0, 0.05) is 44.3 Å². The summed E-state index contributed by atoms with van der Waals surface area (Å²) in [6, 6.07) is 13.0. The summed E-state index contributed by atoms with van der Waals surface area (Å²) >= 11 is 0. The van der Waals surface area contributed by atoms with Gasteiger partial charge in [-0.05, 0) is 35.4 Å². The summed E-state index contributed by atoms with van der Waals surface area (Å²) in [5.41, 5.74) is 2.21. The topological polar surface area (TPSA) is 126 Å². The van der Waals surface area contributed by atoms with Crippen molar-refractivity contribution in [2.24, 2.45) is 0 Å². The van der Waals surface area contributed by atoms with E-state index >= 15 is 0 Å². The minimum atomic E-state index is -0.833. The van der Waals surface area contributed by atoms with Crippen LogP contribution in [0.5, 0.6) is 0 Å². The molecule has 1 N–H and O–H groups in total. The lowest BCUT2D eigenvalue weighted by atomic mass is 10.2. The van der Waals surface area contributed by atoms with Gasteiger partial charge in [-0.15, -0.1) is 0 Å². The fourth-order valence-corrected chi connectivity index (χ4v) is 2.66. The van der Waals surface area contributed by atoms with E-state index < -0.39 is 11.1 Å². The second kappa shape index (κ2) is 14.5. The number of hydrogen-bond acceptors (Lipinski definition) is 9. The molecule has 0 aliphatic heterocycles. The number of Topliss-reactive ketones (excluding diaryl/α,β-unsaturated/α-hetero) is 1. The van der Waals surface area contributed by atoms with Crippen molar-refractivity contribution < 1.29 is 33.5 Å². The van der Waals surface area contributed by atoms with Crippen LogP contribution in [0.4, 0.5) is 16.2 Å². The molecule has 2 rings (SSSR count). The van der Waals surface area contributed by atoms with Gasteiger partial charge in [-0.1, -0.05) is 12.1 Å². The number of carbonyl (C=O) groups excluding carboxylic acids is 2. The molecule has 0 spiro atoms. The van der Waals surface area contributed by atoms with Crippen molar-refractivity contribution in [2.75, 3.05) is 38.8 Å². The van der Waals surface area contributed by atoms with E-state index in [1.165, 1.54) is 24.3 Å². The highest BCUT2D eigenvalue weighted by Crippen LogP contribution is 2.14. The number of anilines is 1. The summed E-state index contributed by atoms with van der Waals surface area (Å²) in [6.45, 7) is 1.91. The Bertz CT molecular complexity index is 884. The Morgan fingerprint density at radius 1 is 0.879 bits per heavy atom. The Labute approximate surface area is 191 Å². The first kappa shape index (κ1) is 25.8. The van der Waals surface area contributed by atoms with Gasteiger partial charge >= 0.3 is 6.16 Å². The molecule has 0 aliphatic rings. The highest BCUT2D eigenvalue weighted by atomic mass is 16.7. The number of benzene rings is 2. The zero-order valence-corrected chi connectivity index (χ0v) is 18.5. The van der Waals surface area contributed by atoms with E-state index in [2.05, 4.69) is 5.32 Å². The van der Waals surface area contributed by atoms with Crippen molar-refractivity contribution in [1.82, 2.24) is 0 Å². The molecule has 0 fully saturated rings. The lowest BCUT2D eigenvalue weighted by Gasteiger charge is -2.09. The SMILES string of the molecule is COCCOCCC(=O)CCNc1ccc(COC(=O)OCc2ccc([N+](=O)[O-])cc2)cc1. The molecular formula is C23H28N2O8. The van der Waals surface area contributed by atoms with Crippen molar-refractivity contribution >= 4 is 23.3 Å². The molecule has 0 saturated heterocycles. The first-order valence-electron chi connectivity index (χ1n) is 10.4. The fraction of sp³-hybridized carbons (Fsp3) is 0.391. The molecule has 0 aliphatic carbocycles. The monoisotopic (exact) mass is 460 g/mol. The van der Waals surface area contributed by atoms with Crippen LogP contribution in [-0.2, 0) is 37.0 Å². The third kappa shape index (κ3) is 10.6. The molecule has 10 nitrogen and oxygen atoms in total. The molecule has 0 amide bonds. The maximum absolute atomic E-state index is 11.8. The van der Waals surface area contributed by atoms with Gasteiger partial charge in [-0.2, -0.15) is 0 Å². The molecule has 2 aromatic carbocycles. The smallest absolute Gasteiger partial charge is 0.429 e. The van der Waals surface area contributed by atoms with Gasteiger partial charge in [0.25, 0.3) is 5.69 Å². The number of nitro groups is 1. The summed E-state index contributed by atoms with van der Waals surface area (Å²) < 4.78 is 20.2. The molecule has 0 saturated carbocycles. The third-order valence-corrected chi connectivity index (χ3v) is 4.50. The molecule has 10 heteroatoms. The van der Waals surface area contributed by atoms with Crippen molar-refractivity contribution in [3.8, 4) is 0 Å². The average Bonchev–Trinajstić information content (AvgIpc) is 2.82. The van der Waals surface area contributed by atoms with E-state index in [1.807, 2.05) is 12.1 Å². The molecule has 0 radical (unpaired) electrons. The first-order valence-corrected chi connectivity index (χ1v) is 10.4. The van der Waals surface area contributed by atoms with E-state index in [0.29, 0.717) is 44.8 Å². The van der Waals surface area contributed by atoms with Crippen LogP contribution >= 0.6 is 0 Å². The van der Waals surface area contributed by atoms with Crippen LogP contribution in [0.25, 0.3) is 0 Å². The van der Waals surface area contributed by atoms with Gasteiger partial charge in [0.15, 0.2) is 0 Å². The molecule has 0 heterocycles. The van der Waals surface area contributed by atoms with E-state index in [-0.39, 0.29) is 24.7 Å². The van der Waals surface area contributed by atoms with E-state index in [1.54, 1.807) is 19.2 Å². The second-order valence-electron chi connectivity index (χ2n) is 7.02. The number of nitrogens with zero attached hydrogens (tertiary/aromatic N) is 1. The predicted octanol–water partition coefficient (Wildman–Crippen LogP) is 3.87. The zero-order chi connectivity index (χ0) is 23.9. The molecule has 33 heavy (non-hydrogen) atoms. The van der Waals surface area contributed by atoms with Crippen LogP contribution in [0.2, 0.25) is 0 Å². The highest BCUT2D eigenvalue weighted by molar-refractivity contribution is 5.79. The van der Waals surface area contributed by atoms with Crippen molar-refractivity contribution in [2.45, 2.75) is 26.1 Å². The molecule has 2 aromatic rings. The number of non-ortho nitro benzene ring substituents is 1. The molecule has 178 valence electrons. The van der Waals surface area contributed by atoms with Gasteiger partial charge < -0.3 is 24.3 Å². The van der Waals surface area contributed by atoms with E-state index in [0.717, 1.165) is 11.3 Å². The fourth-order valence-electron chi connectivity index (χ4n) is 2.66. The summed E-state index contributed by atoms with van der Waals surface area (Å²) in [6.07, 6.45) is -0.0543. The Hall–Kier alpha value is -3.50. The lowest BCUT2D eigenvalue weighted by molar-refractivity contribution is -0.384. The normalized spacial score (nSPS) is 10.5. The number of carbonyl (C=O) groups is 2. The molecule has 0 bridgehead atoms. The zero-order valence-electron chi connectivity index (χ0n) is 18.5. The molecule has 0 atom stereocenters. The van der Waals surface area contributed by atoms with Crippen LogP contribution in [0.15, 0.2) is 48.5 Å². The van der Waals surface area contributed by atoms with Gasteiger partial charge in [0.05, 0.1) is 24.7 Å². The molecule has 0 aromatic heterocycles. The predicted molar refractivity (Wildman–Crippen MR) is 120 cm³/mol. The standard InChI is InChI=1S/C23H28N2O8/c1-30-14-15-31-13-11-22(26)10-12-24-20-6-2-18(3-7-20)16-32-23(27)33-17-19-4-8-21(9-5-19)25(28)29/h2-9,24H,10-17H2,1H3. The van der Waals surface area contributed by atoms with Gasteiger partial charge in [0.1, 0.15) is 19.0 Å². The van der Waals surface area contributed by atoms with Crippen LogP contribution in [-0.4, -0.2) is 50.3 Å². The number of ether oxygens (including phenoxy) is 4. The van der Waals surface area contributed by atoms with Crippen molar-refractivity contribution in [3.05, 3.63) is 69.8 Å².